The number of hydrogen-bond donors (Lipinski definition) is 4. The molecule has 1 aromatic carbocycles. The van der Waals surface area contributed by atoms with Gasteiger partial charge in [-0.25, -0.2) is 0 Å². The Morgan fingerprint density at radius 3 is 3.12 bits per heavy atom. The summed E-state index contributed by atoms with van der Waals surface area (Å²) in [5.74, 6) is -0.135. The molecule has 8 nitrogen and oxygen atoms in total. The number of aromatic amines is 1. The van der Waals surface area contributed by atoms with Crippen molar-refractivity contribution in [2.24, 2.45) is 0 Å². The lowest BCUT2D eigenvalue weighted by atomic mass is 10.1. The van der Waals surface area contributed by atoms with Crippen molar-refractivity contribution in [1.29, 1.82) is 0 Å². The van der Waals surface area contributed by atoms with Gasteiger partial charge >= 0.3 is 0 Å². The highest BCUT2D eigenvalue weighted by Gasteiger charge is 2.23. The van der Waals surface area contributed by atoms with Crippen molar-refractivity contribution in [2.75, 3.05) is 23.8 Å². The molecule has 2 aliphatic rings. The van der Waals surface area contributed by atoms with E-state index in [1.807, 2.05) is 0 Å². The largest absolute Gasteiger partial charge is 0.482 e. The van der Waals surface area contributed by atoms with Crippen molar-refractivity contribution < 1.29 is 14.3 Å². The van der Waals surface area contributed by atoms with Crippen LogP contribution in [0.1, 0.15) is 21.7 Å². The predicted octanol–water partition coefficient (Wildman–Crippen LogP) is 1.29. The number of amides is 2. The summed E-state index contributed by atoms with van der Waals surface area (Å²) in [6.07, 6.45) is 0.808. The van der Waals surface area contributed by atoms with Crippen LogP contribution in [0.15, 0.2) is 12.1 Å². The number of benzene rings is 1. The summed E-state index contributed by atoms with van der Waals surface area (Å²) < 4.78 is 5.34. The molecule has 2 aromatic rings. The zero-order valence-corrected chi connectivity index (χ0v) is 13.3. The maximum atomic E-state index is 12.5. The average molecular weight is 348 g/mol. The number of carbonyl (C=O) groups excluding carboxylic acids is 2. The van der Waals surface area contributed by atoms with Crippen LogP contribution >= 0.6 is 11.6 Å². The molecule has 0 bridgehead atoms. The standard InChI is InChI=1S/C15H14ClN5O3/c16-8-3-11-12(24-6-13(22)18-11)4-10(8)19-15(23)14-7-5-17-2-1-9(7)20-21-14/h3-4,17H,1-2,5-6H2,(H,18,22)(H,19,23)(H,20,21). The molecule has 1 aromatic heterocycles. The molecular weight excluding hydrogens is 334 g/mol. The molecule has 124 valence electrons. The van der Waals surface area contributed by atoms with Gasteiger partial charge in [-0.1, -0.05) is 11.6 Å². The van der Waals surface area contributed by atoms with E-state index in [1.165, 1.54) is 0 Å². The van der Waals surface area contributed by atoms with Gasteiger partial charge in [0.05, 0.1) is 16.4 Å². The van der Waals surface area contributed by atoms with E-state index < -0.39 is 0 Å². The summed E-state index contributed by atoms with van der Waals surface area (Å²) in [5.41, 5.74) is 3.07. The van der Waals surface area contributed by atoms with Crippen LogP contribution in [-0.2, 0) is 17.8 Å². The first kappa shape index (κ1) is 15.0. The number of halogens is 1. The molecule has 24 heavy (non-hydrogen) atoms. The second kappa shape index (κ2) is 5.81. The molecule has 9 heteroatoms. The average Bonchev–Trinajstić information content (AvgIpc) is 3.00. The van der Waals surface area contributed by atoms with E-state index in [-0.39, 0.29) is 18.4 Å². The number of ether oxygens (including phenoxy) is 1. The summed E-state index contributed by atoms with van der Waals surface area (Å²) in [4.78, 5) is 23.9. The topological polar surface area (TPSA) is 108 Å². The van der Waals surface area contributed by atoms with Gasteiger partial charge in [-0.3, -0.25) is 14.7 Å². The lowest BCUT2D eigenvalue weighted by molar-refractivity contribution is -0.118. The zero-order chi connectivity index (χ0) is 16.7. The summed E-state index contributed by atoms with van der Waals surface area (Å²) in [5, 5.41) is 15.9. The summed E-state index contributed by atoms with van der Waals surface area (Å²) in [7, 11) is 0. The Balaban J connectivity index is 1.60. The molecule has 3 heterocycles. The van der Waals surface area contributed by atoms with Gasteiger partial charge < -0.3 is 20.7 Å². The maximum Gasteiger partial charge on any atom is 0.276 e. The smallest absolute Gasteiger partial charge is 0.276 e. The van der Waals surface area contributed by atoms with E-state index in [0.29, 0.717) is 34.4 Å². The normalized spacial score (nSPS) is 15.8. The molecule has 2 amide bonds. The van der Waals surface area contributed by atoms with Crippen molar-refractivity contribution in [3.63, 3.8) is 0 Å². The summed E-state index contributed by atoms with van der Waals surface area (Å²) in [6, 6.07) is 3.14. The Bertz CT molecular complexity index is 848. The van der Waals surface area contributed by atoms with Crippen LogP contribution in [0.4, 0.5) is 11.4 Å². The quantitative estimate of drug-likeness (QED) is 0.654. The monoisotopic (exact) mass is 347 g/mol. The van der Waals surface area contributed by atoms with Gasteiger partial charge in [-0.05, 0) is 6.07 Å². The van der Waals surface area contributed by atoms with Gasteiger partial charge in [-0.2, -0.15) is 5.10 Å². The van der Waals surface area contributed by atoms with Crippen LogP contribution in [-0.4, -0.2) is 35.2 Å². The number of aromatic nitrogens is 2. The number of fused-ring (bicyclic) bond motifs is 2. The van der Waals surface area contributed by atoms with Crippen molar-refractivity contribution in [3.8, 4) is 5.75 Å². The number of anilines is 2. The number of carbonyl (C=O) groups is 2. The van der Waals surface area contributed by atoms with Crippen LogP contribution < -0.4 is 20.7 Å². The van der Waals surface area contributed by atoms with E-state index in [0.717, 1.165) is 24.2 Å². The number of nitrogens with zero attached hydrogens (tertiary/aromatic N) is 1. The van der Waals surface area contributed by atoms with E-state index in [1.54, 1.807) is 12.1 Å². The Morgan fingerprint density at radius 1 is 1.38 bits per heavy atom. The van der Waals surface area contributed by atoms with E-state index in [2.05, 4.69) is 26.1 Å². The van der Waals surface area contributed by atoms with Gasteiger partial charge in [0.2, 0.25) is 0 Å². The Kier molecular flexibility index (Phi) is 3.62. The number of nitrogens with one attached hydrogen (secondary N) is 4. The number of rotatable bonds is 2. The number of H-pyrrole nitrogens is 1. The molecule has 0 saturated carbocycles. The highest BCUT2D eigenvalue weighted by Crippen LogP contribution is 2.36. The molecule has 4 N–H and O–H groups in total. The second-order valence-corrected chi connectivity index (χ2v) is 5.98. The lowest BCUT2D eigenvalue weighted by Crippen LogP contribution is -2.26. The third-order valence-corrected chi connectivity index (χ3v) is 4.28. The van der Waals surface area contributed by atoms with Crippen LogP contribution in [0.25, 0.3) is 0 Å². The first-order valence-electron chi connectivity index (χ1n) is 7.46. The van der Waals surface area contributed by atoms with Gasteiger partial charge in [0.15, 0.2) is 12.3 Å². The van der Waals surface area contributed by atoms with Crippen molar-refractivity contribution in [2.45, 2.75) is 13.0 Å². The third-order valence-electron chi connectivity index (χ3n) is 3.97. The zero-order valence-electron chi connectivity index (χ0n) is 12.5. The Hall–Kier alpha value is -2.58. The van der Waals surface area contributed by atoms with Crippen molar-refractivity contribution in [1.82, 2.24) is 15.5 Å². The molecule has 4 rings (SSSR count). The molecule has 0 saturated heterocycles. The highest BCUT2D eigenvalue weighted by atomic mass is 35.5. The minimum Gasteiger partial charge on any atom is -0.482 e. The molecule has 0 fully saturated rings. The van der Waals surface area contributed by atoms with Crippen molar-refractivity contribution >= 4 is 34.8 Å². The highest BCUT2D eigenvalue weighted by molar-refractivity contribution is 6.34. The van der Waals surface area contributed by atoms with Crippen LogP contribution in [0, 0.1) is 0 Å². The molecule has 0 unspecified atom stereocenters. The van der Waals surface area contributed by atoms with E-state index in [4.69, 9.17) is 16.3 Å². The lowest BCUT2D eigenvalue weighted by Gasteiger charge is -2.19. The van der Waals surface area contributed by atoms with E-state index >= 15 is 0 Å². The fraction of sp³-hybridized carbons (Fsp3) is 0.267. The molecule has 0 radical (unpaired) electrons. The number of hydrogen-bond acceptors (Lipinski definition) is 5. The minimum atomic E-state index is -0.349. The molecule has 2 aliphatic heterocycles. The second-order valence-electron chi connectivity index (χ2n) is 5.58. The van der Waals surface area contributed by atoms with Gasteiger partial charge in [-0.15, -0.1) is 0 Å². The SMILES string of the molecule is O=C1COc2cc(NC(=O)c3n[nH]c4c3CNCC4)c(Cl)cc2N1. The fourth-order valence-corrected chi connectivity index (χ4v) is 3.00. The van der Waals surface area contributed by atoms with Crippen LogP contribution in [0.2, 0.25) is 5.02 Å². The summed E-state index contributed by atoms with van der Waals surface area (Å²) >= 11 is 6.20. The van der Waals surface area contributed by atoms with Crippen LogP contribution in [0.5, 0.6) is 5.75 Å². The third kappa shape index (κ3) is 2.59. The Labute approximate surface area is 141 Å². The summed E-state index contributed by atoms with van der Waals surface area (Å²) in [6.45, 7) is 1.39. The maximum absolute atomic E-state index is 12.5. The van der Waals surface area contributed by atoms with Gasteiger partial charge in [0.25, 0.3) is 11.8 Å². The first-order valence-corrected chi connectivity index (χ1v) is 7.84. The fourth-order valence-electron chi connectivity index (χ4n) is 2.79. The molecule has 0 atom stereocenters. The van der Waals surface area contributed by atoms with Crippen LogP contribution in [0.3, 0.4) is 0 Å². The van der Waals surface area contributed by atoms with Gasteiger partial charge in [0, 0.05) is 36.8 Å². The van der Waals surface area contributed by atoms with Gasteiger partial charge in [0.1, 0.15) is 5.75 Å². The van der Waals surface area contributed by atoms with Crippen molar-refractivity contribution in [3.05, 3.63) is 34.1 Å². The first-order chi connectivity index (χ1) is 11.6. The minimum absolute atomic E-state index is 0.0689. The Morgan fingerprint density at radius 2 is 2.25 bits per heavy atom. The predicted molar refractivity (Wildman–Crippen MR) is 87.5 cm³/mol. The van der Waals surface area contributed by atoms with E-state index in [9.17, 15) is 9.59 Å². The molecule has 0 spiro atoms. The molecule has 0 aliphatic carbocycles. The molecular formula is C15H14ClN5O3.